The van der Waals surface area contributed by atoms with Crippen LogP contribution in [0.2, 0.25) is 0 Å². The SMILES string of the molecule is CCCCN(CCCC)c1cc(OC)c(C=CC2=C(C#N)C(=C(C#N)C#N)OC2(C)C(F)(F)F)c(OC)c1. The fourth-order valence-corrected chi connectivity index (χ4v) is 4.04. The first-order valence-corrected chi connectivity index (χ1v) is 12.2. The van der Waals surface area contributed by atoms with Gasteiger partial charge in [-0.1, -0.05) is 32.8 Å². The van der Waals surface area contributed by atoms with E-state index in [2.05, 4.69) is 18.7 Å². The summed E-state index contributed by atoms with van der Waals surface area (Å²) in [6.07, 6.45) is 1.50. The number of nitrogens with zero attached hydrogens (tertiary/aromatic N) is 4. The smallest absolute Gasteiger partial charge is 0.432 e. The number of ether oxygens (including phenoxy) is 3. The molecule has 0 spiro atoms. The van der Waals surface area contributed by atoms with Crippen LogP contribution in [-0.2, 0) is 4.74 Å². The van der Waals surface area contributed by atoms with Gasteiger partial charge in [-0.15, -0.1) is 0 Å². The molecule has 1 aliphatic rings. The maximum absolute atomic E-state index is 14.2. The molecular weight excluding hydrogens is 497 g/mol. The summed E-state index contributed by atoms with van der Waals surface area (Å²) >= 11 is 0. The van der Waals surface area contributed by atoms with Gasteiger partial charge in [0.15, 0.2) is 11.3 Å². The summed E-state index contributed by atoms with van der Waals surface area (Å²) in [5, 5.41) is 28.1. The van der Waals surface area contributed by atoms with E-state index in [0.717, 1.165) is 57.5 Å². The van der Waals surface area contributed by atoms with Crippen LogP contribution in [0.5, 0.6) is 11.5 Å². The van der Waals surface area contributed by atoms with Crippen LogP contribution in [0.15, 0.2) is 40.7 Å². The minimum atomic E-state index is -4.95. The Labute approximate surface area is 221 Å². The average Bonchev–Trinajstić information content (AvgIpc) is 3.20. The van der Waals surface area contributed by atoms with E-state index in [-0.39, 0.29) is 0 Å². The Morgan fingerprint density at radius 1 is 1.00 bits per heavy atom. The highest BCUT2D eigenvalue weighted by Gasteiger charge is 2.60. The van der Waals surface area contributed by atoms with E-state index in [9.17, 15) is 29.0 Å². The molecule has 202 valence electrons. The minimum absolute atomic E-state index is 0.359. The van der Waals surface area contributed by atoms with Crippen LogP contribution in [0.1, 0.15) is 52.0 Å². The van der Waals surface area contributed by atoms with E-state index in [0.29, 0.717) is 17.1 Å². The second-order valence-electron chi connectivity index (χ2n) is 8.75. The monoisotopic (exact) mass is 528 g/mol. The van der Waals surface area contributed by atoms with Gasteiger partial charge in [-0.3, -0.25) is 0 Å². The Morgan fingerprint density at radius 3 is 1.92 bits per heavy atom. The van der Waals surface area contributed by atoms with Gasteiger partial charge in [0.1, 0.15) is 35.3 Å². The lowest BCUT2D eigenvalue weighted by Crippen LogP contribution is -2.43. The van der Waals surface area contributed by atoms with Gasteiger partial charge in [0, 0.05) is 36.5 Å². The summed E-state index contributed by atoms with van der Waals surface area (Å²) in [6, 6.07) is 8.27. The van der Waals surface area contributed by atoms with Crippen molar-refractivity contribution in [2.75, 3.05) is 32.2 Å². The van der Waals surface area contributed by atoms with Gasteiger partial charge >= 0.3 is 6.18 Å². The van der Waals surface area contributed by atoms with Gasteiger partial charge in [0.25, 0.3) is 0 Å². The topological polar surface area (TPSA) is 102 Å². The zero-order chi connectivity index (χ0) is 28.5. The lowest BCUT2D eigenvalue weighted by molar-refractivity contribution is -0.236. The van der Waals surface area contributed by atoms with E-state index in [1.54, 1.807) is 18.2 Å². The van der Waals surface area contributed by atoms with E-state index in [1.165, 1.54) is 32.4 Å². The third-order valence-corrected chi connectivity index (χ3v) is 6.29. The molecule has 7 nitrogen and oxygen atoms in total. The number of nitriles is 3. The van der Waals surface area contributed by atoms with Crippen LogP contribution in [0, 0.1) is 34.0 Å². The van der Waals surface area contributed by atoms with Gasteiger partial charge in [-0.2, -0.15) is 29.0 Å². The number of alkyl halides is 3. The van der Waals surface area contributed by atoms with Crippen molar-refractivity contribution < 1.29 is 27.4 Å². The van der Waals surface area contributed by atoms with E-state index in [1.807, 2.05) is 0 Å². The highest BCUT2D eigenvalue weighted by molar-refractivity contribution is 5.73. The predicted molar refractivity (Wildman–Crippen MR) is 137 cm³/mol. The van der Waals surface area contributed by atoms with E-state index in [4.69, 9.17) is 14.2 Å². The summed E-state index contributed by atoms with van der Waals surface area (Å²) < 4.78 is 58.8. The number of unbranched alkanes of at least 4 members (excludes halogenated alkanes) is 2. The molecule has 1 aliphatic heterocycles. The van der Waals surface area contributed by atoms with Gasteiger partial charge in [0.05, 0.1) is 19.8 Å². The Balaban J connectivity index is 2.73. The third-order valence-electron chi connectivity index (χ3n) is 6.29. The van der Waals surface area contributed by atoms with E-state index < -0.39 is 34.3 Å². The molecule has 1 aromatic rings. The van der Waals surface area contributed by atoms with Crippen LogP contribution in [-0.4, -0.2) is 39.1 Å². The molecule has 1 heterocycles. The van der Waals surface area contributed by atoms with Crippen LogP contribution < -0.4 is 14.4 Å². The van der Waals surface area contributed by atoms with Crippen molar-refractivity contribution >= 4 is 11.8 Å². The second kappa shape index (κ2) is 12.9. The zero-order valence-corrected chi connectivity index (χ0v) is 22.2. The van der Waals surface area contributed by atoms with Gasteiger partial charge < -0.3 is 19.1 Å². The summed E-state index contributed by atoms with van der Waals surface area (Å²) in [7, 11) is 2.90. The summed E-state index contributed by atoms with van der Waals surface area (Å²) in [5.74, 6) is 0.0328. The van der Waals surface area contributed by atoms with Crippen molar-refractivity contribution in [1.29, 1.82) is 15.8 Å². The van der Waals surface area contributed by atoms with Crippen molar-refractivity contribution in [3.8, 4) is 29.7 Å². The molecule has 0 radical (unpaired) electrons. The number of hydrogen-bond acceptors (Lipinski definition) is 7. The molecular formula is C28H31F3N4O3. The summed E-state index contributed by atoms with van der Waals surface area (Å²) in [6.45, 7) is 6.62. The summed E-state index contributed by atoms with van der Waals surface area (Å²) in [4.78, 5) is 2.22. The van der Waals surface area contributed by atoms with Crippen LogP contribution in [0.3, 0.4) is 0 Å². The maximum atomic E-state index is 14.2. The molecule has 1 aromatic carbocycles. The highest BCUT2D eigenvalue weighted by atomic mass is 19.4. The Morgan fingerprint density at radius 2 is 1.53 bits per heavy atom. The van der Waals surface area contributed by atoms with Crippen molar-refractivity contribution in [3.05, 3.63) is 46.3 Å². The molecule has 1 atom stereocenters. The molecule has 10 heteroatoms. The van der Waals surface area contributed by atoms with Crippen molar-refractivity contribution in [2.45, 2.75) is 58.2 Å². The van der Waals surface area contributed by atoms with Gasteiger partial charge in [-0.05, 0) is 25.8 Å². The standard InChI is InChI=1S/C28H31F3N4O3/c1-6-8-12-35(13-9-7-2)20-14-24(36-4)21(25(15-20)37-5)10-11-23-22(18-34)26(19(16-32)17-33)38-27(23,3)28(29,30)31/h10-11,14-15H,6-9,12-13H2,1-5H3. The zero-order valence-electron chi connectivity index (χ0n) is 22.2. The van der Waals surface area contributed by atoms with Gasteiger partial charge in [-0.25, -0.2) is 0 Å². The Bertz CT molecular complexity index is 1200. The van der Waals surface area contributed by atoms with E-state index >= 15 is 0 Å². The predicted octanol–water partition coefficient (Wildman–Crippen LogP) is 6.60. The fraction of sp³-hybridized carbons (Fsp3) is 0.464. The molecule has 0 fully saturated rings. The lowest BCUT2D eigenvalue weighted by Gasteiger charge is -2.29. The van der Waals surface area contributed by atoms with Crippen molar-refractivity contribution in [1.82, 2.24) is 0 Å². The molecule has 2 rings (SSSR count). The highest BCUT2D eigenvalue weighted by Crippen LogP contribution is 2.50. The number of methoxy groups -OCH3 is 2. The number of benzene rings is 1. The van der Waals surface area contributed by atoms with Crippen LogP contribution in [0.25, 0.3) is 6.08 Å². The molecule has 0 bridgehead atoms. The number of anilines is 1. The molecule has 1 unspecified atom stereocenters. The molecule has 0 amide bonds. The first kappa shape index (κ1) is 30.1. The molecule has 0 saturated carbocycles. The van der Waals surface area contributed by atoms with Crippen molar-refractivity contribution in [3.63, 3.8) is 0 Å². The largest absolute Gasteiger partial charge is 0.496 e. The normalized spacial score (nSPS) is 17.0. The number of allylic oxidation sites excluding steroid dienone is 2. The number of hydrogen-bond donors (Lipinski definition) is 0. The third kappa shape index (κ3) is 6.06. The molecule has 0 aromatic heterocycles. The second-order valence-corrected chi connectivity index (χ2v) is 8.75. The Kier molecular flexibility index (Phi) is 10.2. The van der Waals surface area contributed by atoms with Crippen LogP contribution in [0.4, 0.5) is 18.9 Å². The molecule has 0 saturated heterocycles. The fourth-order valence-electron chi connectivity index (χ4n) is 4.04. The molecule has 0 aliphatic carbocycles. The summed E-state index contributed by atoms with van der Waals surface area (Å²) in [5.41, 5.74) is -3.54. The van der Waals surface area contributed by atoms with Crippen molar-refractivity contribution in [2.24, 2.45) is 0 Å². The lowest BCUT2D eigenvalue weighted by atomic mass is 9.91. The number of rotatable bonds is 11. The van der Waals surface area contributed by atoms with Crippen LogP contribution >= 0.6 is 0 Å². The maximum Gasteiger partial charge on any atom is 0.432 e. The number of halogens is 3. The van der Waals surface area contributed by atoms with Gasteiger partial charge in [0.2, 0.25) is 5.60 Å². The first-order valence-electron chi connectivity index (χ1n) is 12.2. The first-order chi connectivity index (χ1) is 18.1. The Hall–Kier alpha value is -4.10. The average molecular weight is 529 g/mol. The molecule has 38 heavy (non-hydrogen) atoms. The quantitative estimate of drug-likeness (QED) is 0.298. The minimum Gasteiger partial charge on any atom is -0.496 e. The molecule has 0 N–H and O–H groups in total.